The summed E-state index contributed by atoms with van der Waals surface area (Å²) in [6.07, 6.45) is 3.76. The van der Waals surface area contributed by atoms with Gasteiger partial charge < -0.3 is 10.2 Å². The number of nitrogens with one attached hydrogen (secondary N) is 1. The maximum Gasteiger partial charge on any atom is 0.129 e. The van der Waals surface area contributed by atoms with Crippen molar-refractivity contribution in [2.45, 2.75) is 46.6 Å². The summed E-state index contributed by atoms with van der Waals surface area (Å²) in [6.45, 7) is 11.0. The first kappa shape index (κ1) is 14.3. The molecule has 2 heterocycles. The molecule has 106 valence electrons. The average molecular weight is 261 g/mol. The second-order valence-electron chi connectivity index (χ2n) is 5.82. The Balaban J connectivity index is 2.03. The van der Waals surface area contributed by atoms with Crippen molar-refractivity contribution in [2.75, 3.05) is 24.5 Å². The van der Waals surface area contributed by atoms with Gasteiger partial charge in [-0.05, 0) is 56.3 Å². The highest BCUT2D eigenvalue weighted by Gasteiger charge is 2.17. The van der Waals surface area contributed by atoms with Gasteiger partial charge in [0.05, 0.1) is 0 Å². The molecule has 1 fully saturated rings. The standard InChI is InChI=1S/C16H27N3/c1-4-7-17-12-15-10-14(3)18-16(11-15)19-8-5-13(2)6-9-19/h10-11,13,17H,4-9,12H2,1-3H3. The third-order valence-electron chi connectivity index (χ3n) is 3.86. The molecular formula is C16H27N3. The third-order valence-corrected chi connectivity index (χ3v) is 3.86. The number of hydrogen-bond acceptors (Lipinski definition) is 3. The molecule has 3 heteroatoms. The van der Waals surface area contributed by atoms with Crippen LogP contribution in [0.3, 0.4) is 0 Å². The van der Waals surface area contributed by atoms with Crippen LogP contribution in [0.4, 0.5) is 5.82 Å². The summed E-state index contributed by atoms with van der Waals surface area (Å²) < 4.78 is 0. The van der Waals surface area contributed by atoms with Crippen molar-refractivity contribution in [1.82, 2.24) is 10.3 Å². The maximum atomic E-state index is 4.71. The quantitative estimate of drug-likeness (QED) is 0.825. The van der Waals surface area contributed by atoms with E-state index in [0.717, 1.165) is 37.8 Å². The fourth-order valence-electron chi connectivity index (χ4n) is 2.63. The van der Waals surface area contributed by atoms with E-state index < -0.39 is 0 Å². The highest BCUT2D eigenvalue weighted by molar-refractivity contribution is 5.43. The Kier molecular flexibility index (Phi) is 5.20. The number of aromatic nitrogens is 1. The molecule has 0 unspecified atom stereocenters. The van der Waals surface area contributed by atoms with Crippen molar-refractivity contribution in [3.63, 3.8) is 0 Å². The zero-order valence-electron chi connectivity index (χ0n) is 12.6. The number of anilines is 1. The van der Waals surface area contributed by atoms with E-state index in [1.807, 2.05) is 0 Å². The molecule has 19 heavy (non-hydrogen) atoms. The summed E-state index contributed by atoms with van der Waals surface area (Å²) in [5.74, 6) is 2.03. The van der Waals surface area contributed by atoms with Crippen LogP contribution in [0.2, 0.25) is 0 Å². The molecule has 0 amide bonds. The molecule has 1 aromatic heterocycles. The molecule has 0 atom stereocenters. The summed E-state index contributed by atoms with van der Waals surface area (Å²) in [4.78, 5) is 7.15. The first-order chi connectivity index (χ1) is 9.19. The molecule has 1 aliphatic heterocycles. The van der Waals surface area contributed by atoms with Crippen LogP contribution in [0.1, 0.15) is 44.4 Å². The lowest BCUT2D eigenvalue weighted by atomic mass is 9.99. The van der Waals surface area contributed by atoms with Crippen molar-refractivity contribution < 1.29 is 0 Å². The van der Waals surface area contributed by atoms with Gasteiger partial charge in [0, 0.05) is 25.3 Å². The largest absolute Gasteiger partial charge is 0.357 e. The summed E-state index contributed by atoms with van der Waals surface area (Å²) in [7, 11) is 0. The Labute approximate surface area is 117 Å². The van der Waals surface area contributed by atoms with Gasteiger partial charge in [0.15, 0.2) is 0 Å². The number of pyridine rings is 1. The fraction of sp³-hybridized carbons (Fsp3) is 0.688. The van der Waals surface area contributed by atoms with Gasteiger partial charge in [0.25, 0.3) is 0 Å². The van der Waals surface area contributed by atoms with Crippen molar-refractivity contribution in [2.24, 2.45) is 5.92 Å². The first-order valence-electron chi connectivity index (χ1n) is 7.62. The Hall–Kier alpha value is -1.09. The monoisotopic (exact) mass is 261 g/mol. The first-order valence-corrected chi connectivity index (χ1v) is 7.62. The molecule has 3 nitrogen and oxygen atoms in total. The zero-order valence-corrected chi connectivity index (χ0v) is 12.6. The van der Waals surface area contributed by atoms with E-state index in [-0.39, 0.29) is 0 Å². The molecule has 0 aromatic carbocycles. The Morgan fingerprint density at radius 2 is 2.05 bits per heavy atom. The van der Waals surface area contributed by atoms with Crippen LogP contribution >= 0.6 is 0 Å². The van der Waals surface area contributed by atoms with Crippen molar-refractivity contribution in [3.05, 3.63) is 23.4 Å². The lowest BCUT2D eigenvalue weighted by Crippen LogP contribution is -2.33. The Morgan fingerprint density at radius 3 is 2.74 bits per heavy atom. The van der Waals surface area contributed by atoms with Crippen molar-refractivity contribution >= 4 is 5.82 Å². The molecule has 1 saturated heterocycles. The molecule has 0 spiro atoms. The number of aryl methyl sites for hydroxylation is 1. The molecule has 0 bridgehead atoms. The topological polar surface area (TPSA) is 28.2 Å². The van der Waals surface area contributed by atoms with Gasteiger partial charge in [-0.15, -0.1) is 0 Å². The van der Waals surface area contributed by atoms with Crippen LogP contribution in [0.5, 0.6) is 0 Å². The van der Waals surface area contributed by atoms with Crippen LogP contribution in [-0.2, 0) is 6.54 Å². The third kappa shape index (κ3) is 4.20. The second-order valence-corrected chi connectivity index (χ2v) is 5.82. The van der Waals surface area contributed by atoms with Crippen molar-refractivity contribution in [1.29, 1.82) is 0 Å². The highest BCUT2D eigenvalue weighted by Crippen LogP contribution is 2.22. The molecule has 1 aromatic rings. The summed E-state index contributed by atoms with van der Waals surface area (Å²) in [5.41, 5.74) is 2.49. The lowest BCUT2D eigenvalue weighted by molar-refractivity contribution is 0.436. The zero-order chi connectivity index (χ0) is 13.7. The van der Waals surface area contributed by atoms with E-state index in [1.54, 1.807) is 0 Å². The highest BCUT2D eigenvalue weighted by atomic mass is 15.2. The molecule has 1 aliphatic rings. The van der Waals surface area contributed by atoms with Gasteiger partial charge in [-0.3, -0.25) is 0 Å². The number of piperidine rings is 1. The van der Waals surface area contributed by atoms with Crippen LogP contribution in [-0.4, -0.2) is 24.6 Å². The van der Waals surface area contributed by atoms with E-state index in [0.29, 0.717) is 0 Å². The minimum atomic E-state index is 0.867. The summed E-state index contributed by atoms with van der Waals surface area (Å²) in [5, 5.41) is 3.47. The minimum absolute atomic E-state index is 0.867. The molecule has 0 aliphatic carbocycles. The normalized spacial score (nSPS) is 16.9. The Bertz CT molecular complexity index is 395. The van der Waals surface area contributed by atoms with Gasteiger partial charge in [0.2, 0.25) is 0 Å². The van der Waals surface area contributed by atoms with Gasteiger partial charge in [-0.2, -0.15) is 0 Å². The van der Waals surface area contributed by atoms with E-state index in [2.05, 4.69) is 43.1 Å². The maximum absolute atomic E-state index is 4.71. The second kappa shape index (κ2) is 6.90. The molecule has 2 rings (SSSR count). The molecular weight excluding hydrogens is 234 g/mol. The molecule has 0 radical (unpaired) electrons. The number of rotatable bonds is 5. The van der Waals surface area contributed by atoms with Crippen LogP contribution in [0.15, 0.2) is 12.1 Å². The average Bonchev–Trinajstić information content (AvgIpc) is 2.39. The fourth-order valence-corrected chi connectivity index (χ4v) is 2.63. The van der Waals surface area contributed by atoms with E-state index in [9.17, 15) is 0 Å². The SMILES string of the molecule is CCCNCc1cc(C)nc(N2CCC(C)CC2)c1. The van der Waals surface area contributed by atoms with Gasteiger partial charge in [-0.1, -0.05) is 13.8 Å². The van der Waals surface area contributed by atoms with Gasteiger partial charge >= 0.3 is 0 Å². The van der Waals surface area contributed by atoms with E-state index in [1.165, 1.54) is 30.6 Å². The van der Waals surface area contributed by atoms with Crippen LogP contribution in [0, 0.1) is 12.8 Å². The van der Waals surface area contributed by atoms with Crippen LogP contribution < -0.4 is 10.2 Å². The van der Waals surface area contributed by atoms with Crippen LogP contribution in [0.25, 0.3) is 0 Å². The molecule has 1 N–H and O–H groups in total. The predicted molar refractivity (Wildman–Crippen MR) is 81.6 cm³/mol. The Morgan fingerprint density at radius 1 is 1.32 bits per heavy atom. The van der Waals surface area contributed by atoms with E-state index in [4.69, 9.17) is 4.98 Å². The summed E-state index contributed by atoms with van der Waals surface area (Å²) in [6, 6.07) is 4.45. The number of nitrogens with zero attached hydrogens (tertiary/aromatic N) is 2. The number of hydrogen-bond donors (Lipinski definition) is 1. The van der Waals surface area contributed by atoms with Crippen molar-refractivity contribution in [3.8, 4) is 0 Å². The van der Waals surface area contributed by atoms with E-state index >= 15 is 0 Å². The van der Waals surface area contributed by atoms with Gasteiger partial charge in [-0.25, -0.2) is 4.98 Å². The molecule has 0 saturated carbocycles. The summed E-state index contributed by atoms with van der Waals surface area (Å²) >= 11 is 0. The smallest absolute Gasteiger partial charge is 0.129 e. The van der Waals surface area contributed by atoms with Gasteiger partial charge in [0.1, 0.15) is 5.82 Å². The predicted octanol–water partition coefficient (Wildman–Crippen LogP) is 3.13. The lowest BCUT2D eigenvalue weighted by Gasteiger charge is -2.31. The minimum Gasteiger partial charge on any atom is -0.357 e.